The van der Waals surface area contributed by atoms with Crippen LogP contribution in [0.25, 0.3) is 22.5 Å². The molecule has 0 amide bonds. The molecule has 3 rings (SSSR count). The van der Waals surface area contributed by atoms with E-state index in [2.05, 4.69) is 5.10 Å². The first-order chi connectivity index (χ1) is 10.2. The third kappa shape index (κ3) is 2.42. The third-order valence-electron chi connectivity index (χ3n) is 3.60. The van der Waals surface area contributed by atoms with Crippen LogP contribution in [0.3, 0.4) is 0 Å². The van der Waals surface area contributed by atoms with E-state index in [1.54, 1.807) is 0 Å². The Morgan fingerprint density at radius 1 is 0.952 bits per heavy atom. The Kier molecular flexibility index (Phi) is 3.48. The molecule has 1 aromatic heterocycles. The van der Waals surface area contributed by atoms with Crippen LogP contribution in [-0.4, -0.2) is 14.9 Å². The number of rotatable bonds is 3. The van der Waals surface area contributed by atoms with Crippen LogP contribution >= 0.6 is 0 Å². The first-order valence-electron chi connectivity index (χ1n) is 7.13. The van der Waals surface area contributed by atoms with E-state index < -0.39 is 0 Å². The number of nitrogens with zero attached hydrogens (tertiary/aromatic N) is 2. The summed E-state index contributed by atoms with van der Waals surface area (Å²) in [5, 5.41) is 15.2. The zero-order valence-corrected chi connectivity index (χ0v) is 12.2. The summed E-state index contributed by atoms with van der Waals surface area (Å²) in [6.45, 7) is 4.78. The lowest BCUT2D eigenvalue weighted by molar-refractivity contribution is 0.478. The Labute approximate surface area is 124 Å². The average Bonchev–Trinajstić information content (AvgIpc) is 2.86. The molecule has 0 aliphatic carbocycles. The van der Waals surface area contributed by atoms with E-state index in [-0.39, 0.29) is 5.75 Å². The van der Waals surface area contributed by atoms with Crippen molar-refractivity contribution in [3.05, 3.63) is 60.2 Å². The molecule has 21 heavy (non-hydrogen) atoms. The molecular weight excluding hydrogens is 260 g/mol. The molecule has 0 saturated carbocycles. The molecule has 0 saturated heterocycles. The molecule has 2 aromatic carbocycles. The molecule has 1 N–H and O–H groups in total. The second-order valence-corrected chi connectivity index (χ2v) is 5.09. The Hall–Kier alpha value is -2.55. The SMILES string of the molecule is CCn1nc(-c2ccc(C)cc2)c(O)c1-c1ccccc1. The minimum atomic E-state index is 0.243. The largest absolute Gasteiger partial charge is 0.504 e. The molecule has 0 bridgehead atoms. The monoisotopic (exact) mass is 278 g/mol. The number of aromatic hydroxyl groups is 1. The van der Waals surface area contributed by atoms with Gasteiger partial charge in [0, 0.05) is 17.7 Å². The van der Waals surface area contributed by atoms with Crippen molar-refractivity contribution in [3.8, 4) is 28.3 Å². The van der Waals surface area contributed by atoms with Crippen molar-refractivity contribution in [2.45, 2.75) is 20.4 Å². The van der Waals surface area contributed by atoms with Gasteiger partial charge in [-0.3, -0.25) is 4.68 Å². The molecule has 0 radical (unpaired) electrons. The molecular formula is C18H18N2O. The normalized spacial score (nSPS) is 10.8. The second-order valence-electron chi connectivity index (χ2n) is 5.09. The summed E-state index contributed by atoms with van der Waals surface area (Å²) in [6.07, 6.45) is 0. The van der Waals surface area contributed by atoms with Crippen LogP contribution in [0.5, 0.6) is 5.75 Å². The number of hydrogen-bond acceptors (Lipinski definition) is 2. The third-order valence-corrected chi connectivity index (χ3v) is 3.60. The quantitative estimate of drug-likeness (QED) is 0.777. The van der Waals surface area contributed by atoms with Crippen LogP contribution in [0.1, 0.15) is 12.5 Å². The molecule has 1 heterocycles. The van der Waals surface area contributed by atoms with Crippen LogP contribution in [0.4, 0.5) is 0 Å². The van der Waals surface area contributed by atoms with Crippen molar-refractivity contribution in [2.75, 3.05) is 0 Å². The van der Waals surface area contributed by atoms with Gasteiger partial charge >= 0.3 is 0 Å². The molecule has 3 nitrogen and oxygen atoms in total. The Bertz CT molecular complexity index is 743. The summed E-state index contributed by atoms with van der Waals surface area (Å²) in [4.78, 5) is 0. The zero-order chi connectivity index (χ0) is 14.8. The smallest absolute Gasteiger partial charge is 0.169 e. The fourth-order valence-electron chi connectivity index (χ4n) is 2.47. The van der Waals surface area contributed by atoms with Gasteiger partial charge in [-0.25, -0.2) is 0 Å². The van der Waals surface area contributed by atoms with E-state index in [0.717, 1.165) is 16.8 Å². The van der Waals surface area contributed by atoms with E-state index in [9.17, 15) is 5.11 Å². The standard InChI is InChI=1S/C18H18N2O/c1-3-20-17(15-7-5-4-6-8-15)18(21)16(19-20)14-11-9-13(2)10-12-14/h4-12,21H,3H2,1-2H3. The number of aryl methyl sites for hydroxylation is 2. The predicted molar refractivity (Wildman–Crippen MR) is 85.2 cm³/mol. The summed E-state index contributed by atoms with van der Waals surface area (Å²) in [5.74, 6) is 0.243. The first-order valence-corrected chi connectivity index (χ1v) is 7.13. The van der Waals surface area contributed by atoms with Gasteiger partial charge in [0.25, 0.3) is 0 Å². The molecule has 106 valence electrons. The van der Waals surface area contributed by atoms with Crippen molar-refractivity contribution in [3.63, 3.8) is 0 Å². The van der Waals surface area contributed by atoms with Gasteiger partial charge < -0.3 is 5.11 Å². The Balaban J connectivity index is 2.17. The average molecular weight is 278 g/mol. The van der Waals surface area contributed by atoms with E-state index in [1.165, 1.54) is 5.56 Å². The highest BCUT2D eigenvalue weighted by Crippen LogP contribution is 2.37. The van der Waals surface area contributed by atoms with Crippen molar-refractivity contribution < 1.29 is 5.11 Å². The number of aromatic nitrogens is 2. The van der Waals surface area contributed by atoms with Gasteiger partial charge in [-0.1, -0.05) is 60.2 Å². The summed E-state index contributed by atoms with van der Waals surface area (Å²) < 4.78 is 1.85. The van der Waals surface area contributed by atoms with Gasteiger partial charge in [0.15, 0.2) is 5.75 Å². The van der Waals surface area contributed by atoms with Crippen LogP contribution in [0.2, 0.25) is 0 Å². The van der Waals surface area contributed by atoms with E-state index in [0.29, 0.717) is 12.2 Å². The number of benzene rings is 2. The summed E-state index contributed by atoms with van der Waals surface area (Å²) in [7, 11) is 0. The van der Waals surface area contributed by atoms with Crippen LogP contribution in [0.15, 0.2) is 54.6 Å². The van der Waals surface area contributed by atoms with Gasteiger partial charge in [-0.2, -0.15) is 5.10 Å². The minimum absolute atomic E-state index is 0.243. The summed E-state index contributed by atoms with van der Waals surface area (Å²) >= 11 is 0. The molecule has 0 atom stereocenters. The zero-order valence-electron chi connectivity index (χ0n) is 12.2. The molecule has 0 aliphatic rings. The van der Waals surface area contributed by atoms with Crippen molar-refractivity contribution in [2.24, 2.45) is 0 Å². The van der Waals surface area contributed by atoms with Gasteiger partial charge in [0.2, 0.25) is 0 Å². The highest BCUT2D eigenvalue weighted by Gasteiger charge is 2.18. The molecule has 0 aliphatic heterocycles. The van der Waals surface area contributed by atoms with E-state index >= 15 is 0 Å². The minimum Gasteiger partial charge on any atom is -0.504 e. The Morgan fingerprint density at radius 3 is 2.24 bits per heavy atom. The second kappa shape index (κ2) is 5.44. The van der Waals surface area contributed by atoms with E-state index in [4.69, 9.17) is 0 Å². The lowest BCUT2D eigenvalue weighted by Crippen LogP contribution is -1.99. The van der Waals surface area contributed by atoms with Crippen LogP contribution in [0, 0.1) is 6.92 Å². The van der Waals surface area contributed by atoms with Crippen molar-refractivity contribution >= 4 is 0 Å². The summed E-state index contributed by atoms with van der Waals surface area (Å²) in [6, 6.07) is 17.9. The van der Waals surface area contributed by atoms with Gasteiger partial charge in [-0.15, -0.1) is 0 Å². The number of hydrogen-bond donors (Lipinski definition) is 1. The first kappa shape index (κ1) is 13.4. The lowest BCUT2D eigenvalue weighted by Gasteiger charge is -2.04. The fourth-order valence-corrected chi connectivity index (χ4v) is 2.47. The van der Waals surface area contributed by atoms with Crippen LogP contribution < -0.4 is 0 Å². The highest BCUT2D eigenvalue weighted by molar-refractivity contribution is 5.78. The predicted octanol–water partition coefficient (Wildman–Crippen LogP) is 4.25. The van der Waals surface area contributed by atoms with Crippen LogP contribution in [-0.2, 0) is 6.54 Å². The lowest BCUT2D eigenvalue weighted by atomic mass is 10.1. The maximum absolute atomic E-state index is 10.6. The fraction of sp³-hybridized carbons (Fsp3) is 0.167. The Morgan fingerprint density at radius 2 is 1.62 bits per heavy atom. The molecule has 0 fully saturated rings. The maximum Gasteiger partial charge on any atom is 0.169 e. The molecule has 0 unspecified atom stereocenters. The van der Waals surface area contributed by atoms with Gasteiger partial charge in [0.05, 0.1) is 0 Å². The molecule has 3 heteroatoms. The molecule has 3 aromatic rings. The highest BCUT2D eigenvalue weighted by atomic mass is 16.3. The van der Waals surface area contributed by atoms with Crippen molar-refractivity contribution in [1.82, 2.24) is 9.78 Å². The summed E-state index contributed by atoms with van der Waals surface area (Å²) in [5.41, 5.74) is 4.51. The topological polar surface area (TPSA) is 38.0 Å². The van der Waals surface area contributed by atoms with E-state index in [1.807, 2.05) is 73.1 Å². The van der Waals surface area contributed by atoms with Gasteiger partial charge in [-0.05, 0) is 13.8 Å². The van der Waals surface area contributed by atoms with Crippen molar-refractivity contribution in [1.29, 1.82) is 0 Å². The molecule has 0 spiro atoms. The van der Waals surface area contributed by atoms with Gasteiger partial charge in [0.1, 0.15) is 11.4 Å². The maximum atomic E-state index is 10.6.